The largest absolute Gasteiger partial charge is 0.481 e. The van der Waals surface area contributed by atoms with Gasteiger partial charge < -0.3 is 5.11 Å². The molecule has 3 nitrogen and oxygen atoms in total. The molecule has 0 saturated carbocycles. The number of hydrogen-bond acceptors (Lipinski definition) is 2. The lowest BCUT2D eigenvalue weighted by atomic mass is 9.95. The van der Waals surface area contributed by atoms with E-state index in [2.05, 4.69) is 11.8 Å². The lowest BCUT2D eigenvalue weighted by Gasteiger charge is -2.39. The van der Waals surface area contributed by atoms with E-state index >= 15 is 0 Å². The molecule has 1 aliphatic heterocycles. The monoisotopic (exact) mass is 265 g/mol. The van der Waals surface area contributed by atoms with E-state index in [0.717, 1.165) is 31.4 Å². The second-order valence-corrected chi connectivity index (χ2v) is 5.21. The van der Waals surface area contributed by atoms with Crippen LogP contribution in [0.2, 0.25) is 0 Å². The van der Waals surface area contributed by atoms with Gasteiger partial charge in [-0.1, -0.05) is 18.6 Å². The van der Waals surface area contributed by atoms with Crippen LogP contribution in [0.4, 0.5) is 4.39 Å². The van der Waals surface area contributed by atoms with Gasteiger partial charge in [-0.2, -0.15) is 0 Å². The first-order chi connectivity index (χ1) is 9.08. The Hall–Kier alpha value is -1.42. The van der Waals surface area contributed by atoms with Crippen molar-refractivity contribution in [1.82, 2.24) is 4.90 Å². The highest BCUT2D eigenvalue weighted by atomic mass is 19.1. The Morgan fingerprint density at radius 2 is 2.11 bits per heavy atom. The van der Waals surface area contributed by atoms with Crippen molar-refractivity contribution in [2.75, 3.05) is 6.54 Å². The molecule has 1 N–H and O–H groups in total. The number of carboxylic acids is 1. The predicted octanol–water partition coefficient (Wildman–Crippen LogP) is 3.22. The van der Waals surface area contributed by atoms with E-state index in [1.807, 2.05) is 0 Å². The highest BCUT2D eigenvalue weighted by Gasteiger charge is 2.28. The minimum Gasteiger partial charge on any atom is -0.481 e. The van der Waals surface area contributed by atoms with Gasteiger partial charge in [-0.05, 0) is 44.0 Å². The molecule has 0 bridgehead atoms. The van der Waals surface area contributed by atoms with Crippen molar-refractivity contribution in [2.45, 2.75) is 44.7 Å². The number of carbonyl (C=O) groups is 1. The van der Waals surface area contributed by atoms with E-state index in [9.17, 15) is 9.18 Å². The van der Waals surface area contributed by atoms with E-state index in [1.165, 1.54) is 12.1 Å². The number of rotatable bonds is 4. The third-order valence-corrected chi connectivity index (χ3v) is 3.93. The lowest BCUT2D eigenvalue weighted by molar-refractivity contribution is -0.139. The van der Waals surface area contributed by atoms with E-state index in [-0.39, 0.29) is 24.3 Å². The third-order valence-electron chi connectivity index (χ3n) is 3.93. The molecule has 1 aliphatic rings. The zero-order valence-electron chi connectivity index (χ0n) is 11.2. The topological polar surface area (TPSA) is 40.5 Å². The average Bonchev–Trinajstić information content (AvgIpc) is 2.39. The van der Waals surface area contributed by atoms with Crippen molar-refractivity contribution in [2.24, 2.45) is 0 Å². The minimum atomic E-state index is -0.747. The van der Waals surface area contributed by atoms with Crippen molar-refractivity contribution < 1.29 is 14.3 Å². The van der Waals surface area contributed by atoms with E-state index in [4.69, 9.17) is 5.11 Å². The fourth-order valence-corrected chi connectivity index (χ4v) is 2.89. The molecular formula is C15H20FNO2. The molecule has 1 fully saturated rings. The van der Waals surface area contributed by atoms with Crippen molar-refractivity contribution in [1.29, 1.82) is 0 Å². The van der Waals surface area contributed by atoms with Crippen LogP contribution in [0.25, 0.3) is 0 Å². The standard InChI is InChI=1S/C15H20FNO2/c1-11(12-5-7-13(16)8-6-12)17-9-3-2-4-14(17)10-15(18)19/h5-8,11,14H,2-4,9-10H2,1H3,(H,18,19). The molecule has 0 radical (unpaired) electrons. The molecule has 4 heteroatoms. The Morgan fingerprint density at radius 3 is 2.74 bits per heavy atom. The Balaban J connectivity index is 2.12. The molecular weight excluding hydrogens is 245 g/mol. The summed E-state index contributed by atoms with van der Waals surface area (Å²) >= 11 is 0. The Morgan fingerprint density at radius 1 is 1.42 bits per heavy atom. The van der Waals surface area contributed by atoms with E-state index in [1.54, 1.807) is 12.1 Å². The SMILES string of the molecule is CC(c1ccc(F)cc1)N1CCCCC1CC(=O)O. The Labute approximate surface area is 113 Å². The highest BCUT2D eigenvalue weighted by Crippen LogP contribution is 2.29. The van der Waals surface area contributed by atoms with Crippen LogP contribution < -0.4 is 0 Å². The van der Waals surface area contributed by atoms with Gasteiger partial charge in [0, 0.05) is 12.1 Å². The lowest BCUT2D eigenvalue weighted by Crippen LogP contribution is -2.42. The van der Waals surface area contributed by atoms with Crippen LogP contribution >= 0.6 is 0 Å². The van der Waals surface area contributed by atoms with Crippen LogP contribution in [0.1, 0.15) is 44.2 Å². The quantitative estimate of drug-likeness (QED) is 0.908. The summed E-state index contributed by atoms with van der Waals surface area (Å²) in [6.07, 6.45) is 3.30. The van der Waals surface area contributed by atoms with Crippen molar-refractivity contribution in [3.05, 3.63) is 35.6 Å². The number of benzene rings is 1. The average molecular weight is 265 g/mol. The molecule has 1 saturated heterocycles. The highest BCUT2D eigenvalue weighted by molar-refractivity contribution is 5.67. The van der Waals surface area contributed by atoms with Crippen LogP contribution in [0.15, 0.2) is 24.3 Å². The number of aliphatic carboxylic acids is 1. The number of hydrogen-bond donors (Lipinski definition) is 1. The molecule has 2 atom stereocenters. The van der Waals surface area contributed by atoms with Gasteiger partial charge in [0.05, 0.1) is 6.42 Å². The van der Waals surface area contributed by atoms with Crippen LogP contribution in [0.3, 0.4) is 0 Å². The zero-order chi connectivity index (χ0) is 13.8. The fourth-order valence-electron chi connectivity index (χ4n) is 2.89. The maximum atomic E-state index is 12.9. The van der Waals surface area contributed by atoms with Crippen molar-refractivity contribution >= 4 is 5.97 Å². The predicted molar refractivity (Wildman–Crippen MR) is 71.4 cm³/mol. The normalized spacial score (nSPS) is 22.1. The summed E-state index contributed by atoms with van der Waals surface area (Å²) in [5.41, 5.74) is 1.04. The summed E-state index contributed by atoms with van der Waals surface area (Å²) in [7, 11) is 0. The van der Waals surface area contributed by atoms with Gasteiger partial charge in [0.15, 0.2) is 0 Å². The summed E-state index contributed by atoms with van der Waals surface area (Å²) in [6.45, 7) is 2.98. The Kier molecular flexibility index (Phi) is 4.53. The first-order valence-corrected chi connectivity index (χ1v) is 6.81. The van der Waals surface area contributed by atoms with Crippen molar-refractivity contribution in [3.63, 3.8) is 0 Å². The van der Waals surface area contributed by atoms with Crippen LogP contribution in [0, 0.1) is 5.82 Å². The van der Waals surface area contributed by atoms with Gasteiger partial charge in [0.2, 0.25) is 0 Å². The second-order valence-electron chi connectivity index (χ2n) is 5.21. The van der Waals surface area contributed by atoms with E-state index < -0.39 is 5.97 Å². The van der Waals surface area contributed by atoms with Gasteiger partial charge in [-0.15, -0.1) is 0 Å². The van der Waals surface area contributed by atoms with Crippen LogP contribution in [0.5, 0.6) is 0 Å². The molecule has 0 spiro atoms. The maximum Gasteiger partial charge on any atom is 0.304 e. The summed E-state index contributed by atoms with van der Waals surface area (Å²) in [6, 6.07) is 6.71. The van der Waals surface area contributed by atoms with Crippen LogP contribution in [-0.4, -0.2) is 28.6 Å². The fraction of sp³-hybridized carbons (Fsp3) is 0.533. The second kappa shape index (κ2) is 6.15. The smallest absolute Gasteiger partial charge is 0.304 e. The minimum absolute atomic E-state index is 0.0892. The molecule has 1 aromatic carbocycles. The van der Waals surface area contributed by atoms with Crippen molar-refractivity contribution in [3.8, 4) is 0 Å². The van der Waals surface area contributed by atoms with Gasteiger partial charge in [0.1, 0.15) is 5.82 Å². The molecule has 0 aromatic heterocycles. The van der Waals surface area contributed by atoms with Gasteiger partial charge >= 0.3 is 5.97 Å². The maximum absolute atomic E-state index is 12.9. The molecule has 2 unspecified atom stereocenters. The molecule has 0 aliphatic carbocycles. The number of halogens is 1. The summed E-state index contributed by atoms with van der Waals surface area (Å²) < 4.78 is 12.9. The molecule has 19 heavy (non-hydrogen) atoms. The van der Waals surface area contributed by atoms with Crippen LogP contribution in [-0.2, 0) is 4.79 Å². The van der Waals surface area contributed by atoms with Gasteiger partial charge in [0.25, 0.3) is 0 Å². The molecule has 2 rings (SSSR count). The summed E-state index contributed by atoms with van der Waals surface area (Å²) in [5.74, 6) is -0.986. The third kappa shape index (κ3) is 3.53. The van der Waals surface area contributed by atoms with Gasteiger partial charge in [-0.3, -0.25) is 9.69 Å². The van der Waals surface area contributed by atoms with Gasteiger partial charge in [-0.25, -0.2) is 4.39 Å². The summed E-state index contributed by atoms with van der Waals surface area (Å²) in [4.78, 5) is 13.2. The van der Waals surface area contributed by atoms with E-state index in [0.29, 0.717) is 0 Å². The number of piperidine rings is 1. The number of likely N-dealkylation sites (tertiary alicyclic amines) is 1. The molecule has 1 heterocycles. The molecule has 1 aromatic rings. The zero-order valence-corrected chi connectivity index (χ0v) is 11.2. The molecule has 104 valence electrons. The molecule has 0 amide bonds. The number of nitrogens with zero attached hydrogens (tertiary/aromatic N) is 1. The summed E-state index contributed by atoms with van der Waals surface area (Å²) in [5, 5.41) is 9.00. The first-order valence-electron chi connectivity index (χ1n) is 6.81. The Bertz CT molecular complexity index is 432. The number of carboxylic acid groups (broad SMARTS) is 1. The first kappa shape index (κ1) is 14.0.